The van der Waals surface area contributed by atoms with Crippen molar-refractivity contribution in [1.82, 2.24) is 10.4 Å². The zero-order valence-corrected chi connectivity index (χ0v) is 11.4. The molecule has 0 saturated carbocycles. The second-order valence-corrected chi connectivity index (χ2v) is 4.96. The van der Waals surface area contributed by atoms with Gasteiger partial charge in [-0.05, 0) is 51.7 Å². The molecule has 5 heteroatoms. The van der Waals surface area contributed by atoms with Crippen LogP contribution in [0.1, 0.15) is 22.7 Å². The van der Waals surface area contributed by atoms with Crippen molar-refractivity contribution >= 4 is 15.9 Å². The van der Waals surface area contributed by atoms with Crippen LogP contribution < -0.4 is 11.3 Å². The van der Waals surface area contributed by atoms with Gasteiger partial charge in [0.2, 0.25) is 0 Å². The predicted octanol–water partition coefficient (Wildman–Crippen LogP) is 2.84. The predicted molar refractivity (Wildman–Crippen MR) is 72.2 cm³/mol. The van der Waals surface area contributed by atoms with Crippen molar-refractivity contribution < 1.29 is 4.39 Å². The third kappa shape index (κ3) is 2.75. The maximum atomic E-state index is 13.6. The van der Waals surface area contributed by atoms with Gasteiger partial charge in [0.25, 0.3) is 0 Å². The molecule has 0 bridgehead atoms. The smallest absolute Gasteiger partial charge is 0.126 e. The Morgan fingerprint density at radius 1 is 1.28 bits per heavy atom. The lowest BCUT2D eigenvalue weighted by atomic mass is 9.99. The Balaban J connectivity index is 2.42. The highest BCUT2D eigenvalue weighted by Crippen LogP contribution is 2.24. The van der Waals surface area contributed by atoms with E-state index in [0.717, 1.165) is 15.6 Å². The highest BCUT2D eigenvalue weighted by molar-refractivity contribution is 9.10. The first kappa shape index (κ1) is 13.1. The van der Waals surface area contributed by atoms with Crippen LogP contribution >= 0.6 is 15.9 Å². The van der Waals surface area contributed by atoms with E-state index in [2.05, 4.69) is 26.3 Å². The maximum Gasteiger partial charge on any atom is 0.126 e. The quantitative estimate of drug-likeness (QED) is 0.677. The van der Waals surface area contributed by atoms with Crippen LogP contribution in [0.15, 0.2) is 41.1 Å². The summed E-state index contributed by atoms with van der Waals surface area (Å²) in [5, 5.41) is 0. The van der Waals surface area contributed by atoms with E-state index in [-0.39, 0.29) is 11.9 Å². The van der Waals surface area contributed by atoms with Crippen molar-refractivity contribution in [2.24, 2.45) is 5.84 Å². The number of nitrogens with zero attached hydrogens (tertiary/aromatic N) is 1. The summed E-state index contributed by atoms with van der Waals surface area (Å²) in [6.07, 6.45) is 3.39. The number of hydrazine groups is 1. The van der Waals surface area contributed by atoms with Gasteiger partial charge in [0.15, 0.2) is 0 Å². The van der Waals surface area contributed by atoms with Crippen LogP contribution in [0.5, 0.6) is 0 Å². The fraction of sp³-hybridized carbons (Fsp3) is 0.154. The molecule has 1 atom stereocenters. The molecule has 18 heavy (non-hydrogen) atoms. The van der Waals surface area contributed by atoms with Crippen LogP contribution in [0.4, 0.5) is 4.39 Å². The fourth-order valence-corrected chi connectivity index (χ4v) is 2.14. The van der Waals surface area contributed by atoms with Crippen molar-refractivity contribution in [2.75, 3.05) is 0 Å². The van der Waals surface area contributed by atoms with E-state index < -0.39 is 0 Å². The number of rotatable bonds is 3. The minimum Gasteiger partial charge on any atom is -0.271 e. The Kier molecular flexibility index (Phi) is 4.06. The molecule has 0 aliphatic rings. The van der Waals surface area contributed by atoms with Gasteiger partial charge in [0.1, 0.15) is 5.82 Å². The fourth-order valence-electron chi connectivity index (χ4n) is 1.76. The topological polar surface area (TPSA) is 50.9 Å². The van der Waals surface area contributed by atoms with Crippen molar-refractivity contribution in [3.63, 3.8) is 0 Å². The molecule has 0 radical (unpaired) electrons. The number of hydrogen-bond acceptors (Lipinski definition) is 3. The van der Waals surface area contributed by atoms with Crippen LogP contribution in [-0.4, -0.2) is 4.98 Å². The third-order valence-corrected chi connectivity index (χ3v) is 3.19. The van der Waals surface area contributed by atoms with Crippen LogP contribution in [0.2, 0.25) is 0 Å². The van der Waals surface area contributed by atoms with E-state index in [4.69, 9.17) is 5.84 Å². The standard InChI is InChI=1S/C13H13BrFN3/c1-8-2-3-9(5-12(8)15)13(18-16)10-4-11(14)7-17-6-10/h2-7,13,18H,16H2,1H3. The first-order valence-electron chi connectivity index (χ1n) is 5.44. The van der Waals surface area contributed by atoms with Gasteiger partial charge in [-0.3, -0.25) is 10.8 Å². The van der Waals surface area contributed by atoms with Crippen molar-refractivity contribution in [1.29, 1.82) is 0 Å². The summed E-state index contributed by atoms with van der Waals surface area (Å²) >= 11 is 3.35. The third-order valence-electron chi connectivity index (χ3n) is 2.76. The van der Waals surface area contributed by atoms with Gasteiger partial charge in [0.05, 0.1) is 6.04 Å². The number of hydrogen-bond donors (Lipinski definition) is 2. The monoisotopic (exact) mass is 309 g/mol. The second kappa shape index (κ2) is 5.56. The minimum atomic E-state index is -0.287. The molecule has 0 amide bonds. The average Bonchev–Trinajstić information content (AvgIpc) is 2.35. The van der Waals surface area contributed by atoms with Gasteiger partial charge in [-0.15, -0.1) is 0 Å². The second-order valence-electron chi connectivity index (χ2n) is 4.04. The number of nitrogens with two attached hydrogens (primary N) is 1. The number of pyridine rings is 1. The number of halogens is 2. The molecule has 1 unspecified atom stereocenters. The molecular weight excluding hydrogens is 297 g/mol. The SMILES string of the molecule is Cc1ccc(C(NN)c2cncc(Br)c2)cc1F. The van der Waals surface area contributed by atoms with Gasteiger partial charge in [0, 0.05) is 16.9 Å². The zero-order chi connectivity index (χ0) is 13.1. The summed E-state index contributed by atoms with van der Waals surface area (Å²) in [7, 11) is 0. The molecule has 0 aliphatic carbocycles. The van der Waals surface area contributed by atoms with E-state index >= 15 is 0 Å². The molecule has 1 aromatic carbocycles. The summed E-state index contributed by atoms with van der Waals surface area (Å²) in [4.78, 5) is 4.08. The van der Waals surface area contributed by atoms with E-state index in [9.17, 15) is 4.39 Å². The zero-order valence-electron chi connectivity index (χ0n) is 9.82. The molecule has 1 heterocycles. The number of nitrogens with one attached hydrogen (secondary N) is 1. The molecule has 0 saturated heterocycles. The van der Waals surface area contributed by atoms with E-state index in [1.807, 2.05) is 12.1 Å². The van der Waals surface area contributed by atoms with Crippen LogP contribution in [0.3, 0.4) is 0 Å². The molecule has 1 aromatic heterocycles. The van der Waals surface area contributed by atoms with Crippen molar-refractivity contribution in [3.8, 4) is 0 Å². The number of aryl methyl sites for hydroxylation is 1. The summed E-state index contributed by atoms with van der Waals surface area (Å²) in [6.45, 7) is 1.73. The minimum absolute atomic E-state index is 0.240. The first-order valence-corrected chi connectivity index (χ1v) is 6.23. The van der Waals surface area contributed by atoms with E-state index in [0.29, 0.717) is 5.56 Å². The van der Waals surface area contributed by atoms with Gasteiger partial charge in [-0.2, -0.15) is 0 Å². The Hall–Kier alpha value is -1.30. The highest BCUT2D eigenvalue weighted by atomic mass is 79.9. The number of benzene rings is 1. The normalized spacial score (nSPS) is 12.4. The maximum absolute atomic E-state index is 13.6. The largest absolute Gasteiger partial charge is 0.271 e. The van der Waals surface area contributed by atoms with Gasteiger partial charge >= 0.3 is 0 Å². The Labute approximate surface area is 113 Å². The molecule has 2 rings (SSSR count). The molecule has 0 aliphatic heterocycles. The molecular formula is C13H13BrFN3. The Morgan fingerprint density at radius 2 is 2.06 bits per heavy atom. The molecule has 0 fully saturated rings. The Bertz CT molecular complexity index is 560. The van der Waals surface area contributed by atoms with E-state index in [1.54, 1.807) is 25.4 Å². The lowest BCUT2D eigenvalue weighted by Crippen LogP contribution is -2.29. The number of aromatic nitrogens is 1. The van der Waals surface area contributed by atoms with Crippen molar-refractivity contribution in [3.05, 3.63) is 63.6 Å². The first-order chi connectivity index (χ1) is 8.61. The summed E-state index contributed by atoms with van der Waals surface area (Å²) in [5.41, 5.74) is 4.93. The average molecular weight is 310 g/mol. The molecule has 3 N–H and O–H groups in total. The molecule has 3 nitrogen and oxygen atoms in total. The summed E-state index contributed by atoms with van der Waals surface area (Å²) in [6, 6.07) is 6.69. The van der Waals surface area contributed by atoms with Gasteiger partial charge in [-0.25, -0.2) is 9.82 Å². The molecule has 0 spiro atoms. The van der Waals surface area contributed by atoms with Crippen molar-refractivity contribution in [2.45, 2.75) is 13.0 Å². The van der Waals surface area contributed by atoms with Crippen LogP contribution in [-0.2, 0) is 0 Å². The highest BCUT2D eigenvalue weighted by Gasteiger charge is 2.14. The van der Waals surface area contributed by atoms with Crippen LogP contribution in [0.25, 0.3) is 0 Å². The lowest BCUT2D eigenvalue weighted by molar-refractivity contribution is 0.598. The Morgan fingerprint density at radius 3 is 2.67 bits per heavy atom. The lowest BCUT2D eigenvalue weighted by Gasteiger charge is -2.17. The molecule has 94 valence electrons. The molecule has 2 aromatic rings. The van der Waals surface area contributed by atoms with Gasteiger partial charge < -0.3 is 0 Å². The summed E-state index contributed by atoms with van der Waals surface area (Å²) < 4.78 is 14.4. The van der Waals surface area contributed by atoms with Crippen LogP contribution in [0, 0.1) is 12.7 Å². The summed E-state index contributed by atoms with van der Waals surface area (Å²) in [5.74, 6) is 5.32. The van der Waals surface area contributed by atoms with Gasteiger partial charge in [-0.1, -0.05) is 12.1 Å². The van der Waals surface area contributed by atoms with E-state index in [1.165, 1.54) is 6.07 Å².